The van der Waals surface area contributed by atoms with Gasteiger partial charge in [0.1, 0.15) is 0 Å². The van der Waals surface area contributed by atoms with Crippen LogP contribution in [-0.4, -0.2) is 5.11 Å². The van der Waals surface area contributed by atoms with Crippen molar-refractivity contribution >= 4 is 11.6 Å². The highest BCUT2D eigenvalue weighted by molar-refractivity contribution is 6.30. The molecular weight excluding hydrogens is 208 g/mol. The molecular formula is C13H19ClO. The van der Waals surface area contributed by atoms with E-state index in [0.29, 0.717) is 10.9 Å². The summed E-state index contributed by atoms with van der Waals surface area (Å²) in [7, 11) is 0. The van der Waals surface area contributed by atoms with Crippen molar-refractivity contribution in [2.75, 3.05) is 0 Å². The van der Waals surface area contributed by atoms with Crippen LogP contribution in [0.4, 0.5) is 0 Å². The van der Waals surface area contributed by atoms with Crippen LogP contribution in [0.15, 0.2) is 24.3 Å². The lowest BCUT2D eigenvalue weighted by molar-refractivity contribution is 0.145. The van der Waals surface area contributed by atoms with Crippen LogP contribution < -0.4 is 0 Å². The maximum absolute atomic E-state index is 9.97. The molecule has 1 aromatic rings. The van der Waals surface area contributed by atoms with E-state index in [1.54, 1.807) is 0 Å². The Hall–Kier alpha value is -0.530. The van der Waals surface area contributed by atoms with Crippen molar-refractivity contribution in [3.63, 3.8) is 0 Å². The lowest BCUT2D eigenvalue weighted by Gasteiger charge is -2.16. The maximum atomic E-state index is 9.97. The van der Waals surface area contributed by atoms with Crippen molar-refractivity contribution in [1.29, 1.82) is 0 Å². The zero-order valence-corrected chi connectivity index (χ0v) is 10.2. The van der Waals surface area contributed by atoms with Crippen molar-refractivity contribution in [3.8, 4) is 0 Å². The van der Waals surface area contributed by atoms with Crippen LogP contribution in [0, 0.1) is 5.92 Å². The van der Waals surface area contributed by atoms with Crippen molar-refractivity contribution in [1.82, 2.24) is 0 Å². The Balaban J connectivity index is 2.53. The molecule has 0 radical (unpaired) electrons. The molecule has 0 aliphatic carbocycles. The Morgan fingerprint density at radius 2 is 1.87 bits per heavy atom. The number of benzene rings is 1. The molecule has 0 aliphatic heterocycles. The van der Waals surface area contributed by atoms with E-state index in [1.165, 1.54) is 12.8 Å². The minimum atomic E-state index is -0.358. The SMILES string of the molecule is CCCC(C)CC(O)c1ccc(Cl)cc1. The Kier molecular flexibility index (Phi) is 5.13. The first-order valence-electron chi connectivity index (χ1n) is 5.57. The first-order chi connectivity index (χ1) is 7.13. The highest BCUT2D eigenvalue weighted by atomic mass is 35.5. The van der Waals surface area contributed by atoms with E-state index in [0.717, 1.165) is 12.0 Å². The minimum absolute atomic E-state index is 0.358. The molecule has 0 saturated carbocycles. The summed E-state index contributed by atoms with van der Waals surface area (Å²) in [5.74, 6) is 0.570. The molecule has 0 aliphatic rings. The summed E-state index contributed by atoms with van der Waals surface area (Å²) >= 11 is 5.79. The monoisotopic (exact) mass is 226 g/mol. The third-order valence-corrected chi connectivity index (χ3v) is 2.91. The van der Waals surface area contributed by atoms with E-state index >= 15 is 0 Å². The van der Waals surface area contributed by atoms with E-state index in [1.807, 2.05) is 24.3 Å². The van der Waals surface area contributed by atoms with Gasteiger partial charge in [-0.15, -0.1) is 0 Å². The van der Waals surface area contributed by atoms with Crippen LogP contribution in [0.5, 0.6) is 0 Å². The Labute approximate surface area is 97.1 Å². The normalized spacial score (nSPS) is 14.9. The van der Waals surface area contributed by atoms with Gasteiger partial charge in [-0.2, -0.15) is 0 Å². The van der Waals surface area contributed by atoms with E-state index in [4.69, 9.17) is 11.6 Å². The third-order valence-electron chi connectivity index (χ3n) is 2.66. The number of halogens is 1. The predicted molar refractivity (Wildman–Crippen MR) is 65.1 cm³/mol. The van der Waals surface area contributed by atoms with E-state index in [-0.39, 0.29) is 6.10 Å². The van der Waals surface area contributed by atoms with Crippen molar-refractivity contribution in [2.45, 2.75) is 39.2 Å². The zero-order valence-electron chi connectivity index (χ0n) is 9.41. The van der Waals surface area contributed by atoms with Crippen LogP contribution >= 0.6 is 11.6 Å². The molecule has 0 fully saturated rings. The number of rotatable bonds is 5. The topological polar surface area (TPSA) is 20.2 Å². The molecule has 1 nitrogen and oxygen atoms in total. The molecule has 0 saturated heterocycles. The van der Waals surface area contributed by atoms with Gasteiger partial charge in [-0.25, -0.2) is 0 Å². The predicted octanol–water partition coefficient (Wildman–Crippen LogP) is 4.20. The lowest BCUT2D eigenvalue weighted by atomic mass is 9.95. The van der Waals surface area contributed by atoms with Gasteiger partial charge in [-0.05, 0) is 30.0 Å². The zero-order chi connectivity index (χ0) is 11.3. The standard InChI is InChI=1S/C13H19ClO/c1-3-4-10(2)9-13(15)11-5-7-12(14)8-6-11/h5-8,10,13,15H,3-4,9H2,1-2H3. The summed E-state index contributed by atoms with van der Waals surface area (Å²) in [4.78, 5) is 0. The van der Waals surface area contributed by atoms with Crippen LogP contribution in [0.3, 0.4) is 0 Å². The molecule has 0 bridgehead atoms. The molecule has 0 heterocycles. The molecule has 1 rings (SSSR count). The molecule has 1 aromatic carbocycles. The van der Waals surface area contributed by atoms with Crippen molar-refractivity contribution in [3.05, 3.63) is 34.9 Å². The second-order valence-corrected chi connectivity index (χ2v) is 4.63. The summed E-state index contributed by atoms with van der Waals surface area (Å²) in [6, 6.07) is 7.44. The van der Waals surface area contributed by atoms with E-state index in [2.05, 4.69) is 13.8 Å². The maximum Gasteiger partial charge on any atom is 0.0792 e. The summed E-state index contributed by atoms with van der Waals surface area (Å²) in [5, 5.41) is 10.7. The van der Waals surface area contributed by atoms with Gasteiger partial charge in [0.25, 0.3) is 0 Å². The second kappa shape index (κ2) is 6.14. The van der Waals surface area contributed by atoms with E-state index < -0.39 is 0 Å². The Morgan fingerprint density at radius 3 is 2.40 bits per heavy atom. The first kappa shape index (κ1) is 12.5. The Bertz CT molecular complexity index is 281. The number of aliphatic hydroxyl groups is 1. The van der Waals surface area contributed by atoms with Gasteiger partial charge in [-0.1, -0.05) is 50.4 Å². The quantitative estimate of drug-likeness (QED) is 0.798. The molecule has 2 heteroatoms. The molecule has 84 valence electrons. The Morgan fingerprint density at radius 1 is 1.27 bits per heavy atom. The fraction of sp³-hybridized carbons (Fsp3) is 0.538. The second-order valence-electron chi connectivity index (χ2n) is 4.20. The highest BCUT2D eigenvalue weighted by Crippen LogP contribution is 2.24. The molecule has 1 N–H and O–H groups in total. The summed E-state index contributed by atoms with van der Waals surface area (Å²) in [6.45, 7) is 4.35. The number of hydrogen-bond acceptors (Lipinski definition) is 1. The van der Waals surface area contributed by atoms with Crippen LogP contribution in [0.25, 0.3) is 0 Å². The van der Waals surface area contributed by atoms with Gasteiger partial charge in [0.2, 0.25) is 0 Å². The molecule has 2 unspecified atom stereocenters. The van der Waals surface area contributed by atoms with Gasteiger partial charge in [0.05, 0.1) is 6.10 Å². The molecule has 2 atom stereocenters. The molecule has 0 aromatic heterocycles. The van der Waals surface area contributed by atoms with Gasteiger partial charge in [0, 0.05) is 5.02 Å². The third kappa shape index (κ3) is 4.23. The molecule has 0 amide bonds. The fourth-order valence-corrected chi connectivity index (χ4v) is 1.94. The van der Waals surface area contributed by atoms with Crippen molar-refractivity contribution in [2.24, 2.45) is 5.92 Å². The number of aliphatic hydroxyl groups excluding tert-OH is 1. The van der Waals surface area contributed by atoms with Gasteiger partial charge < -0.3 is 5.11 Å². The number of hydrogen-bond donors (Lipinski definition) is 1. The molecule has 15 heavy (non-hydrogen) atoms. The summed E-state index contributed by atoms with van der Waals surface area (Å²) in [6.07, 6.45) is 2.82. The van der Waals surface area contributed by atoms with Crippen LogP contribution in [-0.2, 0) is 0 Å². The highest BCUT2D eigenvalue weighted by Gasteiger charge is 2.11. The summed E-state index contributed by atoms with van der Waals surface area (Å²) < 4.78 is 0. The molecule has 0 spiro atoms. The van der Waals surface area contributed by atoms with Crippen LogP contribution in [0.2, 0.25) is 5.02 Å². The lowest BCUT2D eigenvalue weighted by Crippen LogP contribution is -2.04. The largest absolute Gasteiger partial charge is 0.388 e. The smallest absolute Gasteiger partial charge is 0.0792 e. The first-order valence-corrected chi connectivity index (χ1v) is 5.94. The van der Waals surface area contributed by atoms with Crippen LogP contribution in [0.1, 0.15) is 44.8 Å². The van der Waals surface area contributed by atoms with Crippen molar-refractivity contribution < 1.29 is 5.11 Å². The fourth-order valence-electron chi connectivity index (χ4n) is 1.81. The average Bonchev–Trinajstić information content (AvgIpc) is 2.18. The van der Waals surface area contributed by atoms with Gasteiger partial charge in [0.15, 0.2) is 0 Å². The van der Waals surface area contributed by atoms with Gasteiger partial charge in [-0.3, -0.25) is 0 Å². The average molecular weight is 227 g/mol. The minimum Gasteiger partial charge on any atom is -0.388 e. The summed E-state index contributed by atoms with van der Waals surface area (Å²) in [5.41, 5.74) is 0.961. The van der Waals surface area contributed by atoms with E-state index in [9.17, 15) is 5.11 Å². The van der Waals surface area contributed by atoms with Gasteiger partial charge >= 0.3 is 0 Å².